The molecule has 0 saturated heterocycles. The van der Waals surface area contributed by atoms with Crippen molar-refractivity contribution in [3.05, 3.63) is 103 Å². The van der Waals surface area contributed by atoms with Gasteiger partial charge < -0.3 is 0 Å². The molecule has 0 spiro atoms. The van der Waals surface area contributed by atoms with Crippen LogP contribution < -0.4 is 0 Å². The summed E-state index contributed by atoms with van der Waals surface area (Å²) in [6.07, 6.45) is 8.84. The molecule has 1 aliphatic rings. The lowest BCUT2D eigenvalue weighted by molar-refractivity contribution is 0.720. The third-order valence-corrected chi connectivity index (χ3v) is 6.83. The maximum absolute atomic E-state index is 2.51. The van der Waals surface area contributed by atoms with Crippen LogP contribution in [-0.4, -0.2) is 0 Å². The fourth-order valence-corrected chi connectivity index (χ4v) is 5.37. The van der Waals surface area contributed by atoms with Gasteiger partial charge in [0.2, 0.25) is 0 Å². The predicted molar refractivity (Wildman–Crippen MR) is 135 cm³/mol. The van der Waals surface area contributed by atoms with Gasteiger partial charge in [0.25, 0.3) is 0 Å². The Morgan fingerprint density at radius 3 is 1.81 bits per heavy atom. The molecular formula is C31H26. The first-order valence-corrected chi connectivity index (χ1v) is 11.5. The van der Waals surface area contributed by atoms with E-state index in [9.17, 15) is 0 Å². The number of hydrogen-bond donors (Lipinski definition) is 0. The monoisotopic (exact) mass is 398 g/mol. The highest BCUT2D eigenvalue weighted by Gasteiger charge is 2.18. The molecule has 0 heterocycles. The largest absolute Gasteiger partial charge is 0.0807 e. The molecule has 0 saturated carbocycles. The van der Waals surface area contributed by atoms with Gasteiger partial charge in [0, 0.05) is 0 Å². The minimum atomic E-state index is 1.18. The third-order valence-electron chi connectivity index (χ3n) is 6.83. The second-order valence-corrected chi connectivity index (χ2v) is 8.73. The Labute approximate surface area is 183 Å². The minimum Gasteiger partial charge on any atom is -0.0807 e. The van der Waals surface area contributed by atoms with Gasteiger partial charge in [-0.1, -0.05) is 97.4 Å². The summed E-state index contributed by atoms with van der Waals surface area (Å²) in [6.45, 7) is 0. The summed E-state index contributed by atoms with van der Waals surface area (Å²) in [6, 6.07) is 33.6. The van der Waals surface area contributed by atoms with Crippen LogP contribution >= 0.6 is 0 Å². The van der Waals surface area contributed by atoms with Gasteiger partial charge in [-0.3, -0.25) is 0 Å². The van der Waals surface area contributed by atoms with Crippen LogP contribution in [0.25, 0.3) is 49.0 Å². The summed E-state index contributed by atoms with van der Waals surface area (Å²) in [5.74, 6) is 0. The van der Waals surface area contributed by atoms with Crippen molar-refractivity contribution in [1.29, 1.82) is 0 Å². The van der Waals surface area contributed by atoms with E-state index in [2.05, 4.69) is 97.1 Å². The first kappa shape index (κ1) is 18.4. The van der Waals surface area contributed by atoms with Crippen LogP contribution in [0.1, 0.15) is 37.7 Å². The molecule has 5 aromatic rings. The molecule has 0 aliphatic heterocycles. The maximum Gasteiger partial charge on any atom is -0.00262 e. The van der Waals surface area contributed by atoms with Crippen LogP contribution in [0, 0.1) is 0 Å². The lowest BCUT2D eigenvalue weighted by Gasteiger charge is -2.19. The smallest absolute Gasteiger partial charge is 0.00262 e. The van der Waals surface area contributed by atoms with E-state index in [-0.39, 0.29) is 0 Å². The molecule has 0 fully saturated rings. The summed E-state index contributed by atoms with van der Waals surface area (Å²) in [4.78, 5) is 0. The van der Waals surface area contributed by atoms with Crippen LogP contribution in [0.3, 0.4) is 0 Å². The highest BCUT2D eigenvalue weighted by molar-refractivity contribution is 6.19. The first-order valence-electron chi connectivity index (χ1n) is 11.5. The zero-order valence-electron chi connectivity index (χ0n) is 17.8. The first-order chi connectivity index (χ1) is 15.4. The molecule has 0 heteroatoms. The molecule has 0 amide bonds. The Bertz CT molecular complexity index is 1390. The number of allylic oxidation sites excluding steroid dienone is 2. The van der Waals surface area contributed by atoms with Gasteiger partial charge in [-0.15, -0.1) is 0 Å². The quantitative estimate of drug-likeness (QED) is 0.260. The van der Waals surface area contributed by atoms with E-state index in [4.69, 9.17) is 0 Å². The van der Waals surface area contributed by atoms with Gasteiger partial charge >= 0.3 is 0 Å². The Balaban J connectivity index is 1.72. The zero-order chi connectivity index (χ0) is 20.6. The molecule has 1 aliphatic carbocycles. The predicted octanol–water partition coefficient (Wildman–Crippen LogP) is 9.16. The zero-order valence-corrected chi connectivity index (χ0v) is 17.8. The van der Waals surface area contributed by atoms with E-state index < -0.39 is 0 Å². The van der Waals surface area contributed by atoms with Gasteiger partial charge in [-0.2, -0.15) is 0 Å². The molecule has 0 bridgehead atoms. The summed E-state index contributed by atoms with van der Waals surface area (Å²) in [7, 11) is 0. The maximum atomic E-state index is 2.51. The average Bonchev–Trinajstić information content (AvgIpc) is 3.11. The number of hydrogen-bond acceptors (Lipinski definition) is 0. The minimum absolute atomic E-state index is 1.18. The van der Waals surface area contributed by atoms with Crippen molar-refractivity contribution in [3.63, 3.8) is 0 Å². The molecule has 5 aromatic carbocycles. The summed E-state index contributed by atoms with van der Waals surface area (Å²) in [5, 5.41) is 8.08. The van der Waals surface area contributed by atoms with Crippen molar-refractivity contribution in [1.82, 2.24) is 0 Å². The van der Waals surface area contributed by atoms with Crippen LogP contribution in [0.4, 0.5) is 0 Å². The molecule has 6 rings (SSSR count). The van der Waals surface area contributed by atoms with Crippen molar-refractivity contribution in [2.75, 3.05) is 0 Å². The van der Waals surface area contributed by atoms with E-state index in [1.165, 1.54) is 86.7 Å². The molecule has 0 nitrogen and oxygen atoms in total. The molecule has 0 unspecified atom stereocenters. The summed E-state index contributed by atoms with van der Waals surface area (Å²) < 4.78 is 0. The number of benzene rings is 5. The van der Waals surface area contributed by atoms with Crippen molar-refractivity contribution in [2.45, 2.75) is 32.1 Å². The Kier molecular flexibility index (Phi) is 4.57. The van der Waals surface area contributed by atoms with Crippen LogP contribution in [-0.2, 0) is 0 Å². The van der Waals surface area contributed by atoms with Crippen LogP contribution in [0.15, 0.2) is 97.1 Å². The van der Waals surface area contributed by atoms with E-state index in [0.29, 0.717) is 0 Å². The van der Waals surface area contributed by atoms with Gasteiger partial charge in [-0.05, 0) is 86.3 Å². The van der Waals surface area contributed by atoms with Gasteiger partial charge in [0.15, 0.2) is 0 Å². The highest BCUT2D eigenvalue weighted by Crippen LogP contribution is 2.43. The van der Waals surface area contributed by atoms with E-state index >= 15 is 0 Å². The fraction of sp³-hybridized carbons (Fsp3) is 0.161. The molecule has 150 valence electrons. The number of fused-ring (bicyclic) bond motifs is 3. The second-order valence-electron chi connectivity index (χ2n) is 8.73. The molecule has 0 N–H and O–H groups in total. The van der Waals surface area contributed by atoms with Crippen molar-refractivity contribution < 1.29 is 0 Å². The molecule has 0 aromatic heterocycles. The fourth-order valence-electron chi connectivity index (χ4n) is 5.37. The molecule has 31 heavy (non-hydrogen) atoms. The van der Waals surface area contributed by atoms with Gasteiger partial charge in [0.05, 0.1) is 0 Å². The standard InChI is InChI=1S/C31H26/c1-2-4-13-23(12-3-1)30-26-15-7-9-17-28(26)31(29-18-10-8-16-27(29)30)25-20-19-22-11-5-6-14-24(22)21-25/h5-12,14-21H,1-4,13H2. The SMILES string of the molecule is C1=C(c2c3ccccc3c(-c3ccc4ccccc4c3)c3ccccc23)CCCCC1. The van der Waals surface area contributed by atoms with Gasteiger partial charge in [-0.25, -0.2) is 0 Å². The third kappa shape index (κ3) is 3.15. The highest BCUT2D eigenvalue weighted by atomic mass is 14.2. The topological polar surface area (TPSA) is 0 Å². The van der Waals surface area contributed by atoms with E-state index in [0.717, 1.165) is 0 Å². The molecular weight excluding hydrogens is 372 g/mol. The lowest BCUT2D eigenvalue weighted by Crippen LogP contribution is -1.94. The molecule has 0 radical (unpaired) electrons. The summed E-state index contributed by atoms with van der Waals surface area (Å²) in [5.41, 5.74) is 5.65. The van der Waals surface area contributed by atoms with Crippen molar-refractivity contribution in [3.8, 4) is 11.1 Å². The summed E-state index contributed by atoms with van der Waals surface area (Å²) >= 11 is 0. The van der Waals surface area contributed by atoms with Crippen molar-refractivity contribution >= 4 is 37.9 Å². The van der Waals surface area contributed by atoms with E-state index in [1.54, 1.807) is 0 Å². The molecule has 0 atom stereocenters. The Hall–Kier alpha value is -3.38. The Morgan fingerprint density at radius 1 is 0.484 bits per heavy atom. The van der Waals surface area contributed by atoms with Crippen molar-refractivity contribution in [2.24, 2.45) is 0 Å². The van der Waals surface area contributed by atoms with E-state index in [1.807, 2.05) is 0 Å². The average molecular weight is 399 g/mol. The second kappa shape index (κ2) is 7.71. The van der Waals surface area contributed by atoms with Crippen LogP contribution in [0.5, 0.6) is 0 Å². The Morgan fingerprint density at radius 2 is 1.10 bits per heavy atom. The number of rotatable bonds is 2. The van der Waals surface area contributed by atoms with Crippen LogP contribution in [0.2, 0.25) is 0 Å². The normalized spacial score (nSPS) is 14.6. The van der Waals surface area contributed by atoms with Gasteiger partial charge in [0.1, 0.15) is 0 Å². The lowest BCUT2D eigenvalue weighted by atomic mass is 9.84.